The van der Waals surface area contributed by atoms with Crippen LogP contribution in [0.3, 0.4) is 0 Å². The summed E-state index contributed by atoms with van der Waals surface area (Å²) in [4.78, 5) is 25.2. The van der Waals surface area contributed by atoms with Gasteiger partial charge in [0.2, 0.25) is 5.91 Å². The fourth-order valence-corrected chi connectivity index (χ4v) is 5.92. The van der Waals surface area contributed by atoms with Crippen LogP contribution in [0, 0.1) is 0 Å². The largest absolute Gasteiger partial charge is 0.756 e. The van der Waals surface area contributed by atoms with Crippen LogP contribution in [0.4, 0.5) is 0 Å². The first-order valence-electron chi connectivity index (χ1n) is 21.1. The van der Waals surface area contributed by atoms with Gasteiger partial charge in [0.1, 0.15) is 13.2 Å². The molecule has 55 heavy (non-hydrogen) atoms. The summed E-state index contributed by atoms with van der Waals surface area (Å²) in [5.74, 6) is -0.263. The van der Waals surface area contributed by atoms with Gasteiger partial charge in [-0.15, -0.1) is 0 Å². The van der Waals surface area contributed by atoms with Crippen LogP contribution in [-0.2, 0) is 18.4 Å². The van der Waals surface area contributed by atoms with Crippen LogP contribution >= 0.6 is 7.82 Å². The Morgan fingerprint density at radius 1 is 0.655 bits per heavy atom. The molecule has 0 aromatic heterocycles. The number of hydrogen-bond donors (Lipinski definition) is 2. The number of aliphatic hydroxyl groups is 1. The topological polar surface area (TPSA) is 108 Å². The van der Waals surface area contributed by atoms with Crippen molar-refractivity contribution in [1.82, 2.24) is 5.32 Å². The zero-order valence-corrected chi connectivity index (χ0v) is 36.2. The van der Waals surface area contributed by atoms with Crippen LogP contribution in [0.2, 0.25) is 0 Å². The Hall–Kier alpha value is -2.58. The van der Waals surface area contributed by atoms with Crippen LogP contribution in [0.5, 0.6) is 0 Å². The van der Waals surface area contributed by atoms with Gasteiger partial charge in [-0.2, -0.15) is 0 Å². The van der Waals surface area contributed by atoms with E-state index in [2.05, 4.69) is 104 Å². The molecule has 3 atom stereocenters. The van der Waals surface area contributed by atoms with Gasteiger partial charge in [-0.1, -0.05) is 156 Å². The number of carbonyl (C=O) groups is 1. The monoisotopic (exact) mass is 787 g/mol. The predicted octanol–water partition coefficient (Wildman–Crippen LogP) is 10.9. The van der Waals surface area contributed by atoms with E-state index >= 15 is 0 Å². The van der Waals surface area contributed by atoms with Gasteiger partial charge in [-0.05, 0) is 70.6 Å². The predicted molar refractivity (Wildman–Crippen MR) is 233 cm³/mol. The van der Waals surface area contributed by atoms with E-state index < -0.39 is 26.6 Å². The molecule has 9 heteroatoms. The molecule has 0 aromatic carbocycles. The Labute approximate surface area is 337 Å². The molecule has 0 radical (unpaired) electrons. The average Bonchev–Trinajstić information content (AvgIpc) is 3.13. The molecule has 314 valence electrons. The molecule has 0 spiro atoms. The molecular weight excluding hydrogens is 707 g/mol. The average molecular weight is 787 g/mol. The van der Waals surface area contributed by atoms with E-state index in [0.717, 1.165) is 70.6 Å². The molecule has 0 rings (SSSR count). The lowest BCUT2D eigenvalue weighted by atomic mass is 10.1. The number of likely N-dealkylation sites (N-methyl/N-ethyl adjacent to an activating group) is 1. The first-order chi connectivity index (χ1) is 26.5. The Balaban J connectivity index is 4.52. The van der Waals surface area contributed by atoms with E-state index in [1.807, 2.05) is 27.2 Å². The third-order valence-electron chi connectivity index (χ3n) is 8.55. The van der Waals surface area contributed by atoms with E-state index in [4.69, 9.17) is 9.05 Å². The Kier molecular flexibility index (Phi) is 35.3. The molecule has 2 N–H and O–H groups in total. The second-order valence-electron chi connectivity index (χ2n) is 15.0. The highest BCUT2D eigenvalue weighted by Crippen LogP contribution is 2.38. The third-order valence-corrected chi connectivity index (χ3v) is 9.51. The van der Waals surface area contributed by atoms with E-state index in [0.29, 0.717) is 17.4 Å². The molecule has 0 aliphatic carbocycles. The van der Waals surface area contributed by atoms with Crippen molar-refractivity contribution >= 4 is 13.7 Å². The molecule has 0 heterocycles. The maximum atomic E-state index is 12.8. The highest BCUT2D eigenvalue weighted by molar-refractivity contribution is 7.45. The molecule has 1 amide bonds. The Morgan fingerprint density at radius 3 is 1.60 bits per heavy atom. The number of amides is 1. The van der Waals surface area contributed by atoms with Crippen LogP contribution in [0.15, 0.2) is 97.2 Å². The molecule has 0 saturated carbocycles. The van der Waals surface area contributed by atoms with Crippen LogP contribution in [0.1, 0.15) is 136 Å². The second kappa shape index (κ2) is 37.0. The number of rotatable bonds is 36. The van der Waals surface area contributed by atoms with Crippen molar-refractivity contribution < 1.29 is 32.9 Å². The number of phosphoric ester groups is 1. The highest BCUT2D eigenvalue weighted by atomic mass is 31.2. The first-order valence-corrected chi connectivity index (χ1v) is 22.6. The van der Waals surface area contributed by atoms with Gasteiger partial charge in [-0.25, -0.2) is 0 Å². The smallest absolute Gasteiger partial charge is 0.268 e. The zero-order valence-electron chi connectivity index (χ0n) is 35.3. The van der Waals surface area contributed by atoms with Gasteiger partial charge >= 0.3 is 0 Å². The maximum Gasteiger partial charge on any atom is 0.268 e. The summed E-state index contributed by atoms with van der Waals surface area (Å²) >= 11 is 0. The fourth-order valence-electron chi connectivity index (χ4n) is 5.20. The molecular formula is C46H79N2O6P. The SMILES string of the molecule is CC/C=C\C/C=C\C/C=C\C/C=C\C/C=C\C/C=C\C/C=C\CCCC(=O)NC(COP(=O)([O-])OCC[N+](C)(C)C)C(O)/C=C/CCCCCCCCCC. The van der Waals surface area contributed by atoms with Crippen LogP contribution in [0.25, 0.3) is 0 Å². The van der Waals surface area contributed by atoms with Crippen molar-refractivity contribution in [3.63, 3.8) is 0 Å². The van der Waals surface area contributed by atoms with E-state index in [-0.39, 0.29) is 18.9 Å². The number of allylic oxidation sites excluding steroid dienone is 15. The number of nitrogens with one attached hydrogen (secondary N) is 1. The normalized spacial score (nSPS) is 15.4. The number of carbonyl (C=O) groups excluding carboxylic acids is 1. The summed E-state index contributed by atoms with van der Waals surface area (Å²) in [6, 6.07) is -0.921. The third kappa shape index (κ3) is 39.5. The van der Waals surface area contributed by atoms with Crippen LogP contribution in [-0.4, -0.2) is 68.5 Å². The van der Waals surface area contributed by atoms with Gasteiger partial charge in [0.15, 0.2) is 0 Å². The molecule has 8 nitrogen and oxygen atoms in total. The van der Waals surface area contributed by atoms with Gasteiger partial charge in [-0.3, -0.25) is 9.36 Å². The van der Waals surface area contributed by atoms with Crippen molar-refractivity contribution in [3.05, 3.63) is 97.2 Å². The van der Waals surface area contributed by atoms with Gasteiger partial charge in [0.25, 0.3) is 7.82 Å². The molecule has 0 bridgehead atoms. The number of unbranched alkanes of at least 4 members (excludes halogenated alkanes) is 9. The lowest BCUT2D eigenvalue weighted by molar-refractivity contribution is -0.870. The number of quaternary nitrogens is 1. The van der Waals surface area contributed by atoms with Crippen molar-refractivity contribution in [2.75, 3.05) is 40.9 Å². The van der Waals surface area contributed by atoms with Crippen molar-refractivity contribution in [2.45, 2.75) is 148 Å². The molecule has 0 aromatic rings. The summed E-state index contributed by atoms with van der Waals surface area (Å²) in [6.45, 7) is 4.42. The molecule has 0 fully saturated rings. The second-order valence-corrected chi connectivity index (χ2v) is 16.4. The van der Waals surface area contributed by atoms with Crippen LogP contribution < -0.4 is 10.2 Å². The van der Waals surface area contributed by atoms with Gasteiger partial charge < -0.3 is 28.8 Å². The summed E-state index contributed by atoms with van der Waals surface area (Å²) in [7, 11) is 1.20. The summed E-state index contributed by atoms with van der Waals surface area (Å²) in [6.07, 6.45) is 51.8. The molecule has 0 aliphatic rings. The van der Waals surface area contributed by atoms with Crippen molar-refractivity contribution in [3.8, 4) is 0 Å². The van der Waals surface area contributed by atoms with E-state index in [9.17, 15) is 19.4 Å². The van der Waals surface area contributed by atoms with Gasteiger partial charge in [0.05, 0.1) is 39.9 Å². The number of aliphatic hydroxyl groups excluding tert-OH is 1. The Bertz CT molecular complexity index is 1210. The fraction of sp³-hybridized carbons (Fsp3) is 0.630. The minimum atomic E-state index is -4.60. The zero-order chi connectivity index (χ0) is 40.7. The Morgan fingerprint density at radius 2 is 1.11 bits per heavy atom. The number of phosphoric acid groups is 1. The van der Waals surface area contributed by atoms with E-state index in [1.54, 1.807) is 6.08 Å². The first kappa shape index (κ1) is 52.4. The lowest BCUT2D eigenvalue weighted by Crippen LogP contribution is -2.45. The molecule has 0 saturated heterocycles. The maximum absolute atomic E-state index is 12.8. The number of hydrogen-bond acceptors (Lipinski definition) is 6. The summed E-state index contributed by atoms with van der Waals surface area (Å²) < 4.78 is 23.1. The minimum absolute atomic E-state index is 0.0179. The lowest BCUT2D eigenvalue weighted by Gasteiger charge is -2.29. The minimum Gasteiger partial charge on any atom is -0.756 e. The number of nitrogens with zero attached hydrogens (tertiary/aromatic N) is 1. The van der Waals surface area contributed by atoms with Crippen molar-refractivity contribution in [2.24, 2.45) is 0 Å². The summed E-state index contributed by atoms with van der Waals surface area (Å²) in [5, 5.41) is 13.7. The standard InChI is InChI=1S/C46H79N2O6P/c1-6-8-10-12-14-16-18-19-20-21-22-23-24-25-26-27-28-29-30-32-34-36-38-40-46(50)47-44(43-54-55(51,52)53-42-41-48(3,4)5)45(49)39-37-35-33-31-17-15-13-11-9-7-2/h8,10,14,16,19-20,22-23,25-26,28-29,32,34,37,39,44-45,49H,6-7,9,11-13,15,17-18,21,24,27,30-31,33,35-36,38,40-43H2,1-5H3,(H-,47,50,51,52)/b10-8-,16-14-,20-19-,23-22-,26-25-,29-28-,34-32-,39-37+. The van der Waals surface area contributed by atoms with Crippen molar-refractivity contribution in [1.29, 1.82) is 0 Å². The molecule has 3 unspecified atom stereocenters. The van der Waals surface area contributed by atoms with E-state index in [1.165, 1.54) is 38.5 Å². The highest BCUT2D eigenvalue weighted by Gasteiger charge is 2.23. The molecule has 0 aliphatic heterocycles. The quantitative estimate of drug-likeness (QED) is 0.0283. The summed E-state index contributed by atoms with van der Waals surface area (Å²) in [5.41, 5.74) is 0. The van der Waals surface area contributed by atoms with Gasteiger partial charge in [0, 0.05) is 6.42 Å².